The van der Waals surface area contributed by atoms with E-state index in [9.17, 15) is 4.79 Å². The minimum absolute atomic E-state index is 0.124. The highest BCUT2D eigenvalue weighted by Crippen LogP contribution is 2.04. The smallest absolute Gasteiger partial charge is 0.242 e. The first-order chi connectivity index (χ1) is 6.61. The van der Waals surface area contributed by atoms with Crippen molar-refractivity contribution in [1.29, 1.82) is 0 Å². The Bertz CT molecular complexity index is 297. The number of pyridine rings is 1. The molecule has 0 fully saturated rings. The van der Waals surface area contributed by atoms with E-state index in [2.05, 4.69) is 10.3 Å². The van der Waals surface area contributed by atoms with Crippen LogP contribution in [0.1, 0.15) is 13.8 Å². The lowest BCUT2D eigenvalue weighted by molar-refractivity contribution is -0.118. The highest BCUT2D eigenvalue weighted by atomic mass is 16.2. The highest BCUT2D eigenvalue weighted by Gasteiger charge is 2.17. The molecule has 1 aromatic rings. The largest absolute Gasteiger partial charge is 0.320 e. The fraction of sp³-hybridized carbons (Fsp3) is 0.400. The van der Waals surface area contributed by atoms with Crippen LogP contribution in [0.25, 0.3) is 0 Å². The summed E-state index contributed by atoms with van der Waals surface area (Å²) in [7, 11) is 0. The van der Waals surface area contributed by atoms with Crippen LogP contribution in [-0.2, 0) is 4.79 Å². The SMILES string of the molecule is CC(C)[C@@H](N)C(=O)Nc1ccccn1. The molecular weight excluding hydrogens is 178 g/mol. The maximum absolute atomic E-state index is 11.5. The molecule has 0 bridgehead atoms. The van der Waals surface area contributed by atoms with Crippen molar-refractivity contribution in [3.8, 4) is 0 Å². The Morgan fingerprint density at radius 2 is 2.21 bits per heavy atom. The van der Waals surface area contributed by atoms with E-state index in [4.69, 9.17) is 5.73 Å². The van der Waals surface area contributed by atoms with Crippen LogP contribution in [0.4, 0.5) is 5.82 Å². The average molecular weight is 193 g/mol. The number of nitrogens with two attached hydrogens (primary N) is 1. The molecule has 0 unspecified atom stereocenters. The van der Waals surface area contributed by atoms with Crippen molar-refractivity contribution in [3.05, 3.63) is 24.4 Å². The summed E-state index contributed by atoms with van der Waals surface area (Å²) >= 11 is 0. The topological polar surface area (TPSA) is 68.0 Å². The Balaban J connectivity index is 2.58. The third-order valence-electron chi connectivity index (χ3n) is 1.94. The molecule has 0 saturated carbocycles. The van der Waals surface area contributed by atoms with Crippen molar-refractivity contribution in [3.63, 3.8) is 0 Å². The molecule has 1 amide bonds. The number of nitrogens with zero attached hydrogens (tertiary/aromatic N) is 1. The lowest BCUT2D eigenvalue weighted by Crippen LogP contribution is -2.39. The van der Waals surface area contributed by atoms with Gasteiger partial charge in [0.1, 0.15) is 5.82 Å². The van der Waals surface area contributed by atoms with E-state index in [0.29, 0.717) is 5.82 Å². The first kappa shape index (κ1) is 10.7. The molecule has 0 spiro atoms. The van der Waals surface area contributed by atoms with Gasteiger partial charge in [-0.1, -0.05) is 19.9 Å². The quantitative estimate of drug-likeness (QED) is 0.752. The second-order valence-corrected chi connectivity index (χ2v) is 3.47. The molecule has 1 rings (SSSR count). The number of carbonyl (C=O) groups is 1. The van der Waals surface area contributed by atoms with Crippen molar-refractivity contribution < 1.29 is 4.79 Å². The Morgan fingerprint density at radius 1 is 1.50 bits per heavy atom. The molecule has 0 saturated heterocycles. The van der Waals surface area contributed by atoms with Gasteiger partial charge in [-0.25, -0.2) is 4.98 Å². The van der Waals surface area contributed by atoms with Crippen molar-refractivity contribution in [2.75, 3.05) is 5.32 Å². The number of amides is 1. The number of anilines is 1. The van der Waals surface area contributed by atoms with Gasteiger partial charge in [0.25, 0.3) is 0 Å². The summed E-state index contributed by atoms with van der Waals surface area (Å²) in [5.41, 5.74) is 5.67. The van der Waals surface area contributed by atoms with Gasteiger partial charge >= 0.3 is 0 Å². The number of hydrogen-bond acceptors (Lipinski definition) is 3. The molecule has 1 atom stereocenters. The van der Waals surface area contributed by atoms with Crippen LogP contribution < -0.4 is 11.1 Å². The maximum Gasteiger partial charge on any atom is 0.242 e. The summed E-state index contributed by atoms with van der Waals surface area (Å²) in [6, 6.07) is 4.84. The van der Waals surface area contributed by atoms with E-state index in [-0.39, 0.29) is 11.8 Å². The van der Waals surface area contributed by atoms with Gasteiger partial charge < -0.3 is 11.1 Å². The molecule has 0 aliphatic rings. The van der Waals surface area contributed by atoms with Gasteiger partial charge in [0.05, 0.1) is 6.04 Å². The third-order valence-corrected chi connectivity index (χ3v) is 1.94. The Kier molecular flexibility index (Phi) is 3.59. The summed E-state index contributed by atoms with van der Waals surface area (Å²) in [4.78, 5) is 15.5. The zero-order valence-electron chi connectivity index (χ0n) is 8.40. The van der Waals surface area contributed by atoms with E-state index in [0.717, 1.165) is 0 Å². The molecule has 3 N–H and O–H groups in total. The molecule has 0 radical (unpaired) electrons. The van der Waals surface area contributed by atoms with E-state index in [1.165, 1.54) is 0 Å². The van der Waals surface area contributed by atoms with Crippen LogP contribution in [0.5, 0.6) is 0 Å². The van der Waals surface area contributed by atoms with Gasteiger partial charge in [-0.3, -0.25) is 4.79 Å². The van der Waals surface area contributed by atoms with Crippen molar-refractivity contribution in [1.82, 2.24) is 4.98 Å². The number of nitrogens with one attached hydrogen (secondary N) is 1. The fourth-order valence-corrected chi connectivity index (χ4v) is 0.949. The molecule has 1 heterocycles. The minimum Gasteiger partial charge on any atom is -0.320 e. The zero-order valence-corrected chi connectivity index (χ0v) is 8.40. The van der Waals surface area contributed by atoms with Crippen LogP contribution in [0.3, 0.4) is 0 Å². The molecular formula is C10H15N3O. The summed E-state index contributed by atoms with van der Waals surface area (Å²) in [5, 5.41) is 2.65. The molecule has 4 nitrogen and oxygen atoms in total. The molecule has 14 heavy (non-hydrogen) atoms. The summed E-state index contributed by atoms with van der Waals surface area (Å²) in [6.45, 7) is 3.81. The molecule has 0 aromatic carbocycles. The van der Waals surface area contributed by atoms with Gasteiger partial charge in [-0.05, 0) is 18.1 Å². The predicted molar refractivity (Wildman–Crippen MR) is 55.7 cm³/mol. The highest BCUT2D eigenvalue weighted by molar-refractivity contribution is 5.93. The lowest BCUT2D eigenvalue weighted by atomic mass is 10.1. The second kappa shape index (κ2) is 4.72. The van der Waals surface area contributed by atoms with Crippen LogP contribution in [0.2, 0.25) is 0 Å². The second-order valence-electron chi connectivity index (χ2n) is 3.47. The Labute approximate surface area is 83.5 Å². The number of hydrogen-bond donors (Lipinski definition) is 2. The van der Waals surface area contributed by atoms with Crippen LogP contribution >= 0.6 is 0 Å². The lowest BCUT2D eigenvalue weighted by Gasteiger charge is -2.14. The number of rotatable bonds is 3. The normalized spacial score (nSPS) is 12.6. The summed E-state index contributed by atoms with van der Waals surface area (Å²) < 4.78 is 0. The standard InChI is InChI=1S/C10H15N3O/c1-7(2)9(11)10(14)13-8-5-3-4-6-12-8/h3-7,9H,11H2,1-2H3,(H,12,13,14)/t9-/m1/s1. The maximum atomic E-state index is 11.5. The zero-order chi connectivity index (χ0) is 10.6. The van der Waals surface area contributed by atoms with E-state index in [1.807, 2.05) is 19.9 Å². The van der Waals surface area contributed by atoms with Crippen LogP contribution in [-0.4, -0.2) is 16.9 Å². The molecule has 76 valence electrons. The van der Waals surface area contributed by atoms with E-state index >= 15 is 0 Å². The minimum atomic E-state index is -0.489. The number of carbonyl (C=O) groups excluding carboxylic acids is 1. The summed E-state index contributed by atoms with van der Waals surface area (Å²) in [5.74, 6) is 0.464. The Hall–Kier alpha value is -1.42. The van der Waals surface area contributed by atoms with Gasteiger partial charge in [0.15, 0.2) is 0 Å². The first-order valence-corrected chi connectivity index (χ1v) is 4.58. The number of aromatic nitrogens is 1. The summed E-state index contributed by atoms with van der Waals surface area (Å²) in [6.07, 6.45) is 1.62. The van der Waals surface area contributed by atoms with Gasteiger partial charge in [-0.2, -0.15) is 0 Å². The van der Waals surface area contributed by atoms with Crippen molar-refractivity contribution in [2.24, 2.45) is 11.7 Å². The van der Waals surface area contributed by atoms with Crippen molar-refractivity contribution >= 4 is 11.7 Å². The van der Waals surface area contributed by atoms with Gasteiger partial charge in [0.2, 0.25) is 5.91 Å². The Morgan fingerprint density at radius 3 is 2.71 bits per heavy atom. The van der Waals surface area contributed by atoms with E-state index in [1.54, 1.807) is 18.3 Å². The van der Waals surface area contributed by atoms with E-state index < -0.39 is 6.04 Å². The molecule has 0 aliphatic heterocycles. The molecule has 0 aliphatic carbocycles. The third kappa shape index (κ3) is 2.81. The van der Waals surface area contributed by atoms with Crippen LogP contribution in [0.15, 0.2) is 24.4 Å². The van der Waals surface area contributed by atoms with Gasteiger partial charge in [-0.15, -0.1) is 0 Å². The fourth-order valence-electron chi connectivity index (χ4n) is 0.949. The molecule has 1 aromatic heterocycles. The predicted octanol–water partition coefficient (Wildman–Crippen LogP) is 1.00. The molecule has 4 heteroatoms. The van der Waals surface area contributed by atoms with Crippen molar-refractivity contribution in [2.45, 2.75) is 19.9 Å². The first-order valence-electron chi connectivity index (χ1n) is 4.58. The average Bonchev–Trinajstić information content (AvgIpc) is 2.18. The van der Waals surface area contributed by atoms with Crippen LogP contribution in [0, 0.1) is 5.92 Å². The van der Waals surface area contributed by atoms with Gasteiger partial charge in [0, 0.05) is 6.20 Å². The monoisotopic (exact) mass is 193 g/mol.